The van der Waals surface area contributed by atoms with Crippen LogP contribution in [-0.4, -0.2) is 71.2 Å². The van der Waals surface area contributed by atoms with Crippen molar-refractivity contribution in [2.45, 2.75) is 65.3 Å². The van der Waals surface area contributed by atoms with Crippen molar-refractivity contribution in [3.8, 4) is 0 Å². The molecular weight excluding hydrogens is 330 g/mol. The van der Waals surface area contributed by atoms with E-state index < -0.39 is 5.41 Å². The molecule has 0 saturated carbocycles. The van der Waals surface area contributed by atoms with Gasteiger partial charge in [0.05, 0.1) is 0 Å². The predicted octanol–water partition coefficient (Wildman–Crippen LogP) is 1.88. The van der Waals surface area contributed by atoms with Crippen LogP contribution in [0.3, 0.4) is 0 Å². The van der Waals surface area contributed by atoms with Gasteiger partial charge >= 0.3 is 0 Å². The van der Waals surface area contributed by atoms with E-state index in [9.17, 15) is 14.4 Å². The van der Waals surface area contributed by atoms with Crippen LogP contribution in [0.1, 0.15) is 59.3 Å². The molecule has 146 valence electrons. The molecule has 6 heteroatoms. The summed E-state index contributed by atoms with van der Waals surface area (Å²) >= 11 is 0. The summed E-state index contributed by atoms with van der Waals surface area (Å²) in [5.41, 5.74) is -0.460. The molecule has 1 unspecified atom stereocenters. The maximum atomic E-state index is 13.0. The van der Waals surface area contributed by atoms with E-state index in [-0.39, 0.29) is 29.7 Å². The van der Waals surface area contributed by atoms with Crippen molar-refractivity contribution in [2.24, 2.45) is 11.3 Å². The van der Waals surface area contributed by atoms with Crippen molar-refractivity contribution >= 4 is 17.7 Å². The normalized spacial score (nSPS) is 25.0. The molecule has 3 fully saturated rings. The van der Waals surface area contributed by atoms with Crippen molar-refractivity contribution in [3.63, 3.8) is 0 Å². The summed E-state index contributed by atoms with van der Waals surface area (Å²) in [7, 11) is 0. The summed E-state index contributed by atoms with van der Waals surface area (Å²) in [5.74, 6) is 0.479. The summed E-state index contributed by atoms with van der Waals surface area (Å²) < 4.78 is 0. The molecule has 1 atom stereocenters. The summed E-state index contributed by atoms with van der Waals surface area (Å²) in [6.07, 6.45) is 5.38. The molecule has 0 spiro atoms. The summed E-state index contributed by atoms with van der Waals surface area (Å²) in [4.78, 5) is 43.9. The van der Waals surface area contributed by atoms with Crippen molar-refractivity contribution in [2.75, 3.05) is 32.7 Å². The van der Waals surface area contributed by atoms with Gasteiger partial charge in [-0.25, -0.2) is 0 Å². The number of rotatable bonds is 2. The standard InChI is InChI=1S/C20H33N3O3/c1-20(2,3)19(26)23-12-6-7-16(23)18(25)22-13-8-15(9-14-22)17(24)21-10-4-5-11-21/h15-16H,4-14H2,1-3H3. The van der Waals surface area contributed by atoms with Crippen LogP contribution in [0.4, 0.5) is 0 Å². The molecule has 3 amide bonds. The largest absolute Gasteiger partial charge is 0.342 e. The Morgan fingerprint density at radius 3 is 1.88 bits per heavy atom. The minimum Gasteiger partial charge on any atom is -0.342 e. The Morgan fingerprint density at radius 2 is 1.31 bits per heavy atom. The lowest BCUT2D eigenvalue weighted by molar-refractivity contribution is -0.149. The number of carbonyl (C=O) groups excluding carboxylic acids is 3. The zero-order valence-corrected chi connectivity index (χ0v) is 16.5. The molecule has 6 nitrogen and oxygen atoms in total. The monoisotopic (exact) mass is 363 g/mol. The Bertz CT molecular complexity index is 555. The van der Waals surface area contributed by atoms with Crippen LogP contribution in [0, 0.1) is 11.3 Å². The van der Waals surface area contributed by atoms with Gasteiger partial charge in [0.1, 0.15) is 6.04 Å². The van der Waals surface area contributed by atoms with Gasteiger partial charge in [-0.15, -0.1) is 0 Å². The Morgan fingerprint density at radius 1 is 0.731 bits per heavy atom. The SMILES string of the molecule is CC(C)(C)C(=O)N1CCCC1C(=O)N1CCC(C(=O)N2CCCC2)CC1. The van der Waals surface area contributed by atoms with Crippen molar-refractivity contribution in [1.29, 1.82) is 0 Å². The maximum absolute atomic E-state index is 13.0. The van der Waals surface area contributed by atoms with Crippen LogP contribution >= 0.6 is 0 Å². The van der Waals surface area contributed by atoms with Gasteiger partial charge in [0.2, 0.25) is 17.7 Å². The number of piperidine rings is 1. The number of hydrogen-bond acceptors (Lipinski definition) is 3. The molecule has 3 aliphatic heterocycles. The first-order chi connectivity index (χ1) is 12.3. The van der Waals surface area contributed by atoms with Gasteiger partial charge in [0.25, 0.3) is 0 Å². The summed E-state index contributed by atoms with van der Waals surface area (Å²) in [6.45, 7) is 9.46. The minimum atomic E-state index is -0.460. The first-order valence-corrected chi connectivity index (χ1v) is 10.2. The van der Waals surface area contributed by atoms with E-state index in [0.717, 1.165) is 51.6 Å². The number of amides is 3. The van der Waals surface area contributed by atoms with E-state index in [1.54, 1.807) is 4.90 Å². The number of carbonyl (C=O) groups is 3. The highest BCUT2D eigenvalue weighted by molar-refractivity contribution is 5.90. The molecule has 0 bridgehead atoms. The van der Waals surface area contributed by atoms with Gasteiger partial charge < -0.3 is 14.7 Å². The number of hydrogen-bond donors (Lipinski definition) is 0. The third kappa shape index (κ3) is 3.89. The molecule has 0 N–H and O–H groups in total. The summed E-state index contributed by atoms with van der Waals surface area (Å²) in [6, 6.07) is -0.312. The third-order valence-corrected chi connectivity index (χ3v) is 6.01. The van der Waals surface area contributed by atoms with E-state index in [0.29, 0.717) is 19.6 Å². The quantitative estimate of drug-likeness (QED) is 0.753. The lowest BCUT2D eigenvalue weighted by Gasteiger charge is -2.37. The molecule has 0 radical (unpaired) electrons. The lowest BCUT2D eigenvalue weighted by Crippen LogP contribution is -2.52. The van der Waals surface area contributed by atoms with E-state index in [2.05, 4.69) is 0 Å². The van der Waals surface area contributed by atoms with E-state index in [4.69, 9.17) is 0 Å². The average molecular weight is 364 g/mol. The van der Waals surface area contributed by atoms with Crippen molar-refractivity contribution < 1.29 is 14.4 Å². The van der Waals surface area contributed by atoms with Crippen LogP contribution in [0.25, 0.3) is 0 Å². The highest BCUT2D eigenvalue weighted by Crippen LogP contribution is 2.28. The average Bonchev–Trinajstić information content (AvgIpc) is 3.30. The second-order valence-corrected chi connectivity index (χ2v) is 9.04. The molecular formula is C20H33N3O3. The zero-order valence-electron chi connectivity index (χ0n) is 16.5. The van der Waals surface area contributed by atoms with Gasteiger partial charge in [0.15, 0.2) is 0 Å². The predicted molar refractivity (Wildman–Crippen MR) is 99.3 cm³/mol. The van der Waals surface area contributed by atoms with Crippen molar-refractivity contribution in [1.82, 2.24) is 14.7 Å². The first-order valence-electron chi connectivity index (χ1n) is 10.2. The number of nitrogens with zero attached hydrogens (tertiary/aromatic N) is 3. The molecule has 3 rings (SSSR count). The number of likely N-dealkylation sites (tertiary alicyclic amines) is 3. The van der Waals surface area contributed by atoms with Crippen molar-refractivity contribution in [3.05, 3.63) is 0 Å². The second kappa shape index (κ2) is 7.57. The minimum absolute atomic E-state index is 0.0625. The summed E-state index contributed by atoms with van der Waals surface area (Å²) in [5, 5.41) is 0. The molecule has 0 aromatic heterocycles. The van der Waals surface area contributed by atoms with Gasteiger partial charge in [0, 0.05) is 44.1 Å². The maximum Gasteiger partial charge on any atom is 0.245 e. The fourth-order valence-electron chi connectivity index (χ4n) is 4.45. The van der Waals surface area contributed by atoms with Crippen LogP contribution in [0.15, 0.2) is 0 Å². The molecule has 0 aromatic rings. The third-order valence-electron chi connectivity index (χ3n) is 6.01. The molecule has 0 aromatic carbocycles. The topological polar surface area (TPSA) is 60.9 Å². The Balaban J connectivity index is 1.56. The van der Waals surface area contributed by atoms with E-state index >= 15 is 0 Å². The molecule has 3 heterocycles. The molecule has 26 heavy (non-hydrogen) atoms. The Hall–Kier alpha value is -1.59. The highest BCUT2D eigenvalue weighted by Gasteiger charge is 2.41. The van der Waals surface area contributed by atoms with Gasteiger partial charge in [-0.1, -0.05) is 20.8 Å². The fourth-order valence-corrected chi connectivity index (χ4v) is 4.45. The van der Waals surface area contributed by atoms with Gasteiger partial charge in [-0.3, -0.25) is 14.4 Å². The highest BCUT2D eigenvalue weighted by atomic mass is 16.2. The molecule has 0 aliphatic carbocycles. The Labute approximate surface area is 156 Å². The van der Waals surface area contributed by atoms with Gasteiger partial charge in [-0.2, -0.15) is 0 Å². The molecule has 3 saturated heterocycles. The second-order valence-electron chi connectivity index (χ2n) is 9.04. The lowest BCUT2D eigenvalue weighted by atomic mass is 9.93. The van der Waals surface area contributed by atoms with Crippen LogP contribution < -0.4 is 0 Å². The van der Waals surface area contributed by atoms with Crippen LogP contribution in [0.2, 0.25) is 0 Å². The van der Waals surface area contributed by atoms with Crippen LogP contribution in [0.5, 0.6) is 0 Å². The van der Waals surface area contributed by atoms with E-state index in [1.165, 1.54) is 0 Å². The van der Waals surface area contributed by atoms with Gasteiger partial charge in [-0.05, 0) is 38.5 Å². The first kappa shape index (κ1) is 19.2. The fraction of sp³-hybridized carbons (Fsp3) is 0.850. The van der Waals surface area contributed by atoms with Crippen LogP contribution in [-0.2, 0) is 14.4 Å². The molecule has 3 aliphatic rings. The smallest absolute Gasteiger partial charge is 0.245 e. The zero-order chi connectivity index (χ0) is 18.9. The van der Waals surface area contributed by atoms with E-state index in [1.807, 2.05) is 30.6 Å². The Kier molecular flexibility index (Phi) is 5.58.